The first-order valence-corrected chi connectivity index (χ1v) is 6.72. The van der Waals surface area contributed by atoms with Gasteiger partial charge in [0.25, 0.3) is 5.69 Å². The number of pyridine rings is 1. The maximum atomic E-state index is 11.1. The van der Waals surface area contributed by atoms with Gasteiger partial charge >= 0.3 is 0 Å². The Morgan fingerprint density at radius 1 is 1.24 bits per heavy atom. The average molecular weight is 300 g/mol. The lowest BCUT2D eigenvalue weighted by Gasteiger charge is -2.03. The van der Waals surface area contributed by atoms with Crippen LogP contribution < -0.4 is 0 Å². The van der Waals surface area contributed by atoms with Crippen molar-refractivity contribution < 1.29 is 9.72 Å². The maximum absolute atomic E-state index is 11.1. The van der Waals surface area contributed by atoms with Gasteiger partial charge in [-0.15, -0.1) is 10.2 Å². The van der Waals surface area contributed by atoms with Crippen LogP contribution in [-0.2, 0) is 0 Å². The highest BCUT2D eigenvalue weighted by atomic mass is 32.2. The molecule has 3 aromatic rings. The van der Waals surface area contributed by atoms with Crippen molar-refractivity contribution in [2.75, 3.05) is 0 Å². The van der Waals surface area contributed by atoms with E-state index in [1.165, 1.54) is 30.0 Å². The zero-order valence-corrected chi connectivity index (χ0v) is 11.4. The molecule has 3 rings (SSSR count). The Bertz CT molecular complexity index is 846. The highest BCUT2D eigenvalue weighted by molar-refractivity contribution is 7.99. The van der Waals surface area contributed by atoms with Crippen LogP contribution in [0.25, 0.3) is 5.65 Å². The molecule has 0 N–H and O–H groups in total. The summed E-state index contributed by atoms with van der Waals surface area (Å²) < 4.78 is 1.78. The lowest BCUT2D eigenvalue weighted by atomic mass is 10.2. The van der Waals surface area contributed by atoms with Gasteiger partial charge in [-0.2, -0.15) is 0 Å². The number of hydrogen-bond donors (Lipinski definition) is 0. The number of fused-ring (bicyclic) bond motifs is 1. The number of rotatable bonds is 4. The van der Waals surface area contributed by atoms with Gasteiger partial charge in [0.2, 0.25) is 0 Å². The fourth-order valence-corrected chi connectivity index (χ4v) is 2.71. The summed E-state index contributed by atoms with van der Waals surface area (Å²) in [5.41, 5.74) is 0.823. The Labute approximate surface area is 122 Å². The van der Waals surface area contributed by atoms with E-state index >= 15 is 0 Å². The fourth-order valence-electron chi connectivity index (χ4n) is 1.82. The number of nitro benzene ring substituents is 1. The first kappa shape index (κ1) is 13.3. The monoisotopic (exact) mass is 300 g/mol. The van der Waals surface area contributed by atoms with Crippen molar-refractivity contribution in [2.24, 2.45) is 0 Å². The SMILES string of the molecule is O=Cc1cc([N+](=O)[O-])ccc1Sc1nnc2ccccn12. The molecule has 2 aromatic heterocycles. The second kappa shape index (κ2) is 5.33. The molecule has 1 aromatic carbocycles. The largest absolute Gasteiger partial charge is 0.298 e. The molecule has 8 heteroatoms. The molecule has 0 saturated carbocycles. The van der Waals surface area contributed by atoms with Gasteiger partial charge in [0, 0.05) is 28.8 Å². The van der Waals surface area contributed by atoms with Gasteiger partial charge in [-0.3, -0.25) is 19.3 Å². The van der Waals surface area contributed by atoms with Gasteiger partial charge in [-0.05, 0) is 30.0 Å². The number of non-ortho nitro benzene ring substituents is 1. The first-order chi connectivity index (χ1) is 10.2. The first-order valence-electron chi connectivity index (χ1n) is 5.90. The molecular weight excluding hydrogens is 292 g/mol. The Morgan fingerprint density at radius 3 is 2.86 bits per heavy atom. The number of aromatic nitrogens is 3. The van der Waals surface area contributed by atoms with Gasteiger partial charge < -0.3 is 0 Å². The van der Waals surface area contributed by atoms with Crippen molar-refractivity contribution in [3.8, 4) is 0 Å². The molecule has 0 aliphatic carbocycles. The number of nitrogens with zero attached hydrogens (tertiary/aromatic N) is 4. The lowest BCUT2D eigenvalue weighted by molar-refractivity contribution is -0.384. The van der Waals surface area contributed by atoms with E-state index in [4.69, 9.17) is 0 Å². The number of carbonyl (C=O) groups excluding carboxylic acids is 1. The van der Waals surface area contributed by atoms with E-state index in [-0.39, 0.29) is 11.3 Å². The van der Waals surface area contributed by atoms with E-state index in [1.54, 1.807) is 4.40 Å². The molecule has 0 bridgehead atoms. The Morgan fingerprint density at radius 2 is 2.10 bits per heavy atom. The van der Waals surface area contributed by atoms with E-state index < -0.39 is 4.92 Å². The molecule has 0 spiro atoms. The minimum Gasteiger partial charge on any atom is -0.298 e. The summed E-state index contributed by atoms with van der Waals surface area (Å²) in [7, 11) is 0. The summed E-state index contributed by atoms with van der Waals surface area (Å²) in [6.07, 6.45) is 2.40. The predicted octanol–water partition coefficient (Wildman–Crippen LogP) is 2.60. The molecule has 0 fully saturated rings. The molecule has 104 valence electrons. The number of nitro groups is 1. The smallest absolute Gasteiger partial charge is 0.270 e. The number of carbonyl (C=O) groups is 1. The zero-order valence-electron chi connectivity index (χ0n) is 10.5. The van der Waals surface area contributed by atoms with E-state index in [9.17, 15) is 14.9 Å². The number of hydrogen-bond acceptors (Lipinski definition) is 6. The highest BCUT2D eigenvalue weighted by Gasteiger charge is 2.14. The molecule has 21 heavy (non-hydrogen) atoms. The van der Waals surface area contributed by atoms with Crippen LogP contribution in [0, 0.1) is 10.1 Å². The quantitative estimate of drug-likeness (QED) is 0.418. The molecule has 0 aliphatic rings. The van der Waals surface area contributed by atoms with Gasteiger partial charge in [0.05, 0.1) is 4.92 Å². The third-order valence-corrected chi connectivity index (χ3v) is 3.87. The van der Waals surface area contributed by atoms with Crippen LogP contribution in [0.5, 0.6) is 0 Å². The minimum absolute atomic E-state index is 0.118. The molecule has 0 amide bonds. The summed E-state index contributed by atoms with van der Waals surface area (Å²) in [5, 5.41) is 19.4. The Kier molecular flexibility index (Phi) is 3.36. The lowest BCUT2D eigenvalue weighted by Crippen LogP contribution is -1.93. The third-order valence-electron chi connectivity index (χ3n) is 2.81. The van der Waals surface area contributed by atoms with Crippen molar-refractivity contribution in [3.63, 3.8) is 0 Å². The average Bonchev–Trinajstić information content (AvgIpc) is 2.91. The van der Waals surface area contributed by atoms with Crippen LogP contribution in [0.2, 0.25) is 0 Å². The summed E-state index contributed by atoms with van der Waals surface area (Å²) in [5.74, 6) is 0. The summed E-state index contributed by atoms with van der Waals surface area (Å²) in [4.78, 5) is 21.9. The Balaban J connectivity index is 2.01. The maximum Gasteiger partial charge on any atom is 0.270 e. The molecule has 0 saturated heterocycles. The van der Waals surface area contributed by atoms with Crippen LogP contribution >= 0.6 is 11.8 Å². The minimum atomic E-state index is -0.534. The molecule has 7 nitrogen and oxygen atoms in total. The highest BCUT2D eigenvalue weighted by Crippen LogP contribution is 2.30. The zero-order chi connectivity index (χ0) is 14.8. The molecule has 0 unspecified atom stereocenters. The second-order valence-electron chi connectivity index (χ2n) is 4.11. The van der Waals surface area contributed by atoms with Crippen molar-refractivity contribution in [1.29, 1.82) is 0 Å². The topological polar surface area (TPSA) is 90.4 Å². The van der Waals surface area contributed by atoms with Crippen molar-refractivity contribution in [3.05, 3.63) is 58.3 Å². The Hall–Kier alpha value is -2.74. The van der Waals surface area contributed by atoms with Crippen molar-refractivity contribution >= 4 is 29.4 Å². The van der Waals surface area contributed by atoms with Crippen LogP contribution in [0.4, 0.5) is 5.69 Å². The number of benzene rings is 1. The van der Waals surface area contributed by atoms with Crippen LogP contribution in [-0.4, -0.2) is 25.8 Å². The molecule has 2 heterocycles. The normalized spacial score (nSPS) is 10.7. The van der Waals surface area contributed by atoms with Gasteiger partial charge in [0.15, 0.2) is 17.1 Å². The van der Waals surface area contributed by atoms with E-state index in [0.717, 1.165) is 0 Å². The van der Waals surface area contributed by atoms with Crippen molar-refractivity contribution in [2.45, 2.75) is 10.1 Å². The van der Waals surface area contributed by atoms with Crippen molar-refractivity contribution in [1.82, 2.24) is 14.6 Å². The van der Waals surface area contributed by atoms with E-state index in [2.05, 4.69) is 10.2 Å². The molecule has 0 radical (unpaired) electrons. The van der Waals surface area contributed by atoms with E-state index in [1.807, 2.05) is 24.4 Å². The molecule has 0 aliphatic heterocycles. The van der Waals surface area contributed by atoms with Gasteiger partial charge in [-0.1, -0.05) is 6.07 Å². The third kappa shape index (κ3) is 2.48. The summed E-state index contributed by atoms with van der Waals surface area (Å²) in [6, 6.07) is 9.65. The van der Waals surface area contributed by atoms with Crippen LogP contribution in [0.3, 0.4) is 0 Å². The summed E-state index contributed by atoms with van der Waals surface area (Å²) >= 11 is 1.23. The fraction of sp³-hybridized carbons (Fsp3) is 0. The van der Waals surface area contributed by atoms with Gasteiger partial charge in [-0.25, -0.2) is 0 Å². The predicted molar refractivity (Wildman–Crippen MR) is 75.6 cm³/mol. The summed E-state index contributed by atoms with van der Waals surface area (Å²) in [6.45, 7) is 0. The molecule has 0 atom stereocenters. The number of aldehydes is 1. The standard InChI is InChI=1S/C13H8N4O3S/c18-8-9-7-10(17(19)20)4-5-11(9)21-13-15-14-12-3-1-2-6-16(12)13/h1-8H. The van der Waals surface area contributed by atoms with Crippen LogP contribution in [0.1, 0.15) is 10.4 Å². The van der Waals surface area contributed by atoms with Gasteiger partial charge in [0.1, 0.15) is 0 Å². The molecular formula is C13H8N4O3S. The van der Waals surface area contributed by atoms with Crippen LogP contribution in [0.15, 0.2) is 52.6 Å². The van der Waals surface area contributed by atoms with E-state index in [0.29, 0.717) is 22.0 Å². The second-order valence-corrected chi connectivity index (χ2v) is 5.12.